The first-order valence-electron chi connectivity index (χ1n) is 8.83. The third-order valence-electron chi connectivity index (χ3n) is 3.84. The van der Waals surface area contributed by atoms with E-state index in [2.05, 4.69) is 46.8 Å². The van der Waals surface area contributed by atoms with Crippen molar-refractivity contribution in [1.29, 1.82) is 0 Å². The van der Waals surface area contributed by atoms with Crippen LogP contribution in [0.15, 0.2) is 53.1 Å². The fourth-order valence-corrected chi connectivity index (χ4v) is 3.03. The number of pyridine rings is 1. The van der Waals surface area contributed by atoms with E-state index >= 15 is 0 Å². The van der Waals surface area contributed by atoms with Crippen LogP contribution in [0.25, 0.3) is 0 Å². The van der Waals surface area contributed by atoms with Crippen molar-refractivity contribution in [3.63, 3.8) is 0 Å². The third-order valence-corrected chi connectivity index (χ3v) is 4.54. The van der Waals surface area contributed by atoms with Gasteiger partial charge >= 0.3 is 0 Å². The predicted octanol–water partition coefficient (Wildman–Crippen LogP) is 3.84. The molecule has 0 bridgehead atoms. The van der Waals surface area contributed by atoms with Gasteiger partial charge in [-0.05, 0) is 59.6 Å². The molecule has 0 saturated carbocycles. The molecule has 3 rings (SSSR count). The van der Waals surface area contributed by atoms with E-state index in [1.165, 1.54) is 0 Å². The van der Waals surface area contributed by atoms with E-state index in [4.69, 9.17) is 0 Å². The number of rotatable bonds is 7. The molecule has 0 atom stereocenters. The Bertz CT molecular complexity index is 978. The van der Waals surface area contributed by atoms with E-state index in [0.717, 1.165) is 15.9 Å². The van der Waals surface area contributed by atoms with E-state index in [-0.39, 0.29) is 5.91 Å². The summed E-state index contributed by atoms with van der Waals surface area (Å²) < 4.78 is 0.771. The summed E-state index contributed by atoms with van der Waals surface area (Å²) in [7, 11) is 0. The Kier molecular flexibility index (Phi) is 6.54. The molecule has 0 saturated heterocycles. The molecule has 3 aromatic rings. The maximum Gasteiger partial charge on any atom is 0.252 e. The van der Waals surface area contributed by atoms with Crippen LogP contribution in [0.1, 0.15) is 21.7 Å². The smallest absolute Gasteiger partial charge is 0.252 e. The number of aromatic nitrogens is 3. The summed E-state index contributed by atoms with van der Waals surface area (Å²) in [4.78, 5) is 25.3. The number of amides is 1. The minimum absolute atomic E-state index is 0.124. The second-order valence-electron chi connectivity index (χ2n) is 6.19. The number of hydrogen-bond donors (Lipinski definition) is 3. The van der Waals surface area contributed by atoms with Crippen molar-refractivity contribution in [2.24, 2.45) is 0 Å². The Morgan fingerprint density at radius 1 is 1.00 bits per heavy atom. The maximum atomic E-state index is 12.2. The van der Waals surface area contributed by atoms with Gasteiger partial charge in [-0.2, -0.15) is 0 Å². The molecule has 0 fully saturated rings. The molecule has 1 amide bonds. The van der Waals surface area contributed by atoms with E-state index < -0.39 is 0 Å². The highest BCUT2D eigenvalue weighted by molar-refractivity contribution is 9.10. The fourth-order valence-electron chi connectivity index (χ4n) is 2.57. The molecule has 0 aliphatic heterocycles. The van der Waals surface area contributed by atoms with Gasteiger partial charge in [0.15, 0.2) is 0 Å². The van der Waals surface area contributed by atoms with E-state index in [0.29, 0.717) is 36.1 Å². The summed E-state index contributed by atoms with van der Waals surface area (Å²) in [6.45, 7) is 4.84. The van der Waals surface area contributed by atoms with Crippen LogP contribution in [0.3, 0.4) is 0 Å². The van der Waals surface area contributed by atoms with Crippen LogP contribution in [0.5, 0.6) is 0 Å². The summed E-state index contributed by atoms with van der Waals surface area (Å²) >= 11 is 3.38. The fraction of sp³-hybridized carbons (Fsp3) is 0.200. The van der Waals surface area contributed by atoms with Crippen LogP contribution in [-0.4, -0.2) is 33.9 Å². The van der Waals surface area contributed by atoms with Crippen LogP contribution >= 0.6 is 15.9 Å². The van der Waals surface area contributed by atoms with E-state index in [1.807, 2.05) is 50.2 Å². The third kappa shape index (κ3) is 5.50. The monoisotopic (exact) mass is 440 g/mol. The van der Waals surface area contributed by atoms with Gasteiger partial charge in [-0.15, -0.1) is 0 Å². The molecule has 0 spiro atoms. The average Bonchev–Trinajstić information content (AvgIpc) is 2.65. The minimum atomic E-state index is -0.124. The first-order valence-corrected chi connectivity index (χ1v) is 9.62. The minimum Gasteiger partial charge on any atom is -0.368 e. The molecule has 1 aromatic carbocycles. The zero-order chi connectivity index (χ0) is 19.9. The number of carbonyl (C=O) groups is 1. The Balaban J connectivity index is 1.55. The normalized spacial score (nSPS) is 10.4. The molecule has 2 aromatic heterocycles. The number of nitrogens with one attached hydrogen (secondary N) is 3. The van der Waals surface area contributed by atoms with Gasteiger partial charge in [0.1, 0.15) is 23.3 Å². The van der Waals surface area contributed by atoms with Crippen LogP contribution in [0.4, 0.5) is 17.5 Å². The van der Waals surface area contributed by atoms with Crippen molar-refractivity contribution in [2.45, 2.75) is 13.8 Å². The highest BCUT2D eigenvalue weighted by Gasteiger charge is 2.08. The lowest BCUT2D eigenvalue weighted by atomic mass is 10.2. The van der Waals surface area contributed by atoms with Crippen LogP contribution in [0, 0.1) is 13.8 Å². The molecular weight excluding hydrogens is 420 g/mol. The van der Waals surface area contributed by atoms with Crippen molar-refractivity contribution >= 4 is 39.3 Å². The average molecular weight is 441 g/mol. The largest absolute Gasteiger partial charge is 0.368 e. The van der Waals surface area contributed by atoms with Gasteiger partial charge in [-0.1, -0.05) is 12.1 Å². The van der Waals surface area contributed by atoms with Crippen molar-refractivity contribution in [3.8, 4) is 0 Å². The lowest BCUT2D eigenvalue weighted by molar-refractivity contribution is 0.0954. The van der Waals surface area contributed by atoms with Crippen LogP contribution in [0.2, 0.25) is 0 Å². The Labute approximate surface area is 172 Å². The van der Waals surface area contributed by atoms with Crippen LogP contribution < -0.4 is 16.0 Å². The second-order valence-corrected chi connectivity index (χ2v) is 7.05. The molecular formula is C20H21BrN6O. The molecule has 0 aliphatic carbocycles. The summed E-state index contributed by atoms with van der Waals surface area (Å²) in [6, 6.07) is 13.0. The highest BCUT2D eigenvalue weighted by Crippen LogP contribution is 2.17. The van der Waals surface area contributed by atoms with Gasteiger partial charge in [0, 0.05) is 29.8 Å². The molecule has 2 heterocycles. The van der Waals surface area contributed by atoms with Gasteiger partial charge in [0.25, 0.3) is 5.91 Å². The second kappa shape index (κ2) is 9.27. The summed E-state index contributed by atoms with van der Waals surface area (Å²) in [5.74, 6) is 2.58. The SMILES string of the molecule is Cc1ccnc(Nc2cc(NCCNC(=O)c3ccccc3Br)nc(C)n2)c1. The summed E-state index contributed by atoms with van der Waals surface area (Å²) in [6.07, 6.45) is 1.75. The molecule has 144 valence electrons. The lowest BCUT2D eigenvalue weighted by Gasteiger charge is -2.11. The van der Waals surface area contributed by atoms with Crippen LogP contribution in [-0.2, 0) is 0 Å². The molecule has 3 N–H and O–H groups in total. The van der Waals surface area contributed by atoms with Crippen molar-refractivity contribution in [1.82, 2.24) is 20.3 Å². The number of benzene rings is 1. The number of carbonyl (C=O) groups excluding carboxylic acids is 1. The van der Waals surface area contributed by atoms with Gasteiger partial charge < -0.3 is 16.0 Å². The first kappa shape index (κ1) is 19.8. The number of aryl methyl sites for hydroxylation is 2. The predicted molar refractivity (Wildman–Crippen MR) is 114 cm³/mol. The van der Waals surface area contributed by atoms with Gasteiger partial charge in [-0.25, -0.2) is 15.0 Å². The molecule has 8 heteroatoms. The number of nitrogens with zero attached hydrogens (tertiary/aromatic N) is 3. The quantitative estimate of drug-likeness (QED) is 0.483. The number of halogens is 1. The van der Waals surface area contributed by atoms with Gasteiger partial charge in [-0.3, -0.25) is 4.79 Å². The Hall–Kier alpha value is -3.00. The zero-order valence-corrected chi connectivity index (χ0v) is 17.2. The van der Waals surface area contributed by atoms with Crippen molar-refractivity contribution < 1.29 is 4.79 Å². The molecule has 7 nitrogen and oxygen atoms in total. The number of anilines is 3. The number of hydrogen-bond acceptors (Lipinski definition) is 6. The van der Waals surface area contributed by atoms with Crippen molar-refractivity contribution in [2.75, 3.05) is 23.7 Å². The van der Waals surface area contributed by atoms with Crippen molar-refractivity contribution in [3.05, 3.63) is 70.1 Å². The zero-order valence-electron chi connectivity index (χ0n) is 15.7. The summed E-state index contributed by atoms with van der Waals surface area (Å²) in [5.41, 5.74) is 1.72. The standard InChI is InChI=1S/C20H21BrN6O/c1-13-7-8-22-17(11-13)27-19-12-18(25-14(2)26-19)23-9-10-24-20(28)15-5-3-4-6-16(15)21/h3-8,11-12H,9-10H2,1-2H3,(H,24,28)(H2,22,23,25,26,27). The van der Waals surface area contributed by atoms with Gasteiger partial charge in [0.2, 0.25) is 0 Å². The van der Waals surface area contributed by atoms with Gasteiger partial charge in [0.05, 0.1) is 5.56 Å². The molecule has 0 unspecified atom stereocenters. The highest BCUT2D eigenvalue weighted by atomic mass is 79.9. The molecule has 28 heavy (non-hydrogen) atoms. The molecule has 0 aliphatic rings. The van der Waals surface area contributed by atoms with E-state index in [1.54, 1.807) is 12.3 Å². The van der Waals surface area contributed by atoms with E-state index in [9.17, 15) is 4.79 Å². The Morgan fingerprint density at radius 3 is 2.57 bits per heavy atom. The lowest BCUT2D eigenvalue weighted by Crippen LogP contribution is -2.29. The Morgan fingerprint density at radius 2 is 1.79 bits per heavy atom. The molecule has 0 radical (unpaired) electrons. The summed E-state index contributed by atoms with van der Waals surface area (Å²) in [5, 5.41) is 9.28. The first-order chi connectivity index (χ1) is 13.5. The maximum absolute atomic E-state index is 12.2. The topological polar surface area (TPSA) is 91.8 Å².